The van der Waals surface area contributed by atoms with Crippen molar-refractivity contribution in [1.29, 1.82) is 0 Å². The van der Waals surface area contributed by atoms with E-state index < -0.39 is 0 Å². The van der Waals surface area contributed by atoms with E-state index in [2.05, 4.69) is 206 Å². The lowest BCUT2D eigenvalue weighted by Gasteiger charge is -2.34. The Balaban J connectivity index is 1.31. The first-order valence-corrected chi connectivity index (χ1v) is 20.4. The minimum Gasteiger partial charge on any atom is -0.398 e. The van der Waals surface area contributed by atoms with Gasteiger partial charge in [0.15, 0.2) is 0 Å². The molecule has 9 aromatic carbocycles. The van der Waals surface area contributed by atoms with Crippen molar-refractivity contribution in [2.45, 2.75) is 55.4 Å². The van der Waals surface area contributed by atoms with Crippen LogP contribution in [0.25, 0.3) is 65.7 Å². The fourth-order valence-corrected chi connectivity index (χ4v) is 9.65. The molecule has 0 saturated carbocycles. The maximum absolute atomic E-state index is 7.38. The zero-order valence-corrected chi connectivity index (χ0v) is 34.9. The lowest BCUT2D eigenvalue weighted by Crippen LogP contribution is -2.17. The van der Waals surface area contributed by atoms with Crippen molar-refractivity contribution in [3.05, 3.63) is 190 Å². The Morgan fingerprint density at radius 3 is 1.03 bits per heavy atom. The van der Waals surface area contributed by atoms with Crippen molar-refractivity contribution in [2.24, 2.45) is 0 Å². The molecule has 9 rings (SSSR count). The van der Waals surface area contributed by atoms with Crippen LogP contribution in [0.3, 0.4) is 0 Å². The largest absolute Gasteiger partial charge is 0.398 e. The lowest BCUT2D eigenvalue weighted by molar-refractivity contribution is 1.16. The van der Waals surface area contributed by atoms with E-state index >= 15 is 0 Å². The van der Waals surface area contributed by atoms with Crippen LogP contribution >= 0.6 is 0 Å². The van der Waals surface area contributed by atoms with Crippen molar-refractivity contribution >= 4 is 55.1 Å². The number of hydrogen-bond acceptors (Lipinski definition) is 2. The molecule has 0 bridgehead atoms. The lowest BCUT2D eigenvalue weighted by atomic mass is 9.86. The van der Waals surface area contributed by atoms with Gasteiger partial charge in [0.25, 0.3) is 0 Å². The second-order valence-electron chi connectivity index (χ2n) is 16.2. The molecule has 58 heavy (non-hydrogen) atoms. The second kappa shape index (κ2) is 14.4. The van der Waals surface area contributed by atoms with Crippen LogP contribution in [-0.2, 0) is 0 Å². The summed E-state index contributed by atoms with van der Waals surface area (Å²) in [5.41, 5.74) is 28.8. The summed E-state index contributed by atoms with van der Waals surface area (Å²) < 4.78 is 0. The molecule has 0 aromatic heterocycles. The molecule has 0 spiro atoms. The van der Waals surface area contributed by atoms with E-state index in [0.29, 0.717) is 0 Å². The van der Waals surface area contributed by atoms with Gasteiger partial charge in [0.05, 0.1) is 5.69 Å². The SMILES string of the molecule is Cc1cc(N(c2cc(C)c(-c3cccc4ccccc34)c(C)c2C)c2cc(C)c(-c3cccc4ccccc34)c(N)c2C)c(C)c(C)c1-c1cccc2ccccc12. The number of anilines is 4. The molecule has 284 valence electrons. The van der Waals surface area contributed by atoms with Gasteiger partial charge in [-0.3, -0.25) is 0 Å². The highest BCUT2D eigenvalue weighted by atomic mass is 15.2. The van der Waals surface area contributed by atoms with Crippen LogP contribution in [0.4, 0.5) is 22.7 Å². The highest BCUT2D eigenvalue weighted by Crippen LogP contribution is 2.50. The van der Waals surface area contributed by atoms with Gasteiger partial charge in [-0.2, -0.15) is 0 Å². The van der Waals surface area contributed by atoms with Gasteiger partial charge in [0.1, 0.15) is 0 Å². The first kappa shape index (κ1) is 37.0. The molecule has 2 N–H and O–H groups in total. The number of fused-ring (bicyclic) bond motifs is 3. The van der Waals surface area contributed by atoms with Gasteiger partial charge in [0, 0.05) is 22.6 Å². The third-order valence-electron chi connectivity index (χ3n) is 12.8. The number of hydrogen-bond donors (Lipinski definition) is 1. The highest BCUT2D eigenvalue weighted by Gasteiger charge is 2.27. The van der Waals surface area contributed by atoms with E-state index in [1.807, 2.05) is 0 Å². The predicted molar refractivity (Wildman–Crippen MR) is 252 cm³/mol. The first-order chi connectivity index (χ1) is 28.0. The van der Waals surface area contributed by atoms with Crippen LogP contribution in [0.15, 0.2) is 146 Å². The molecule has 0 amide bonds. The fraction of sp³-hybridized carbons (Fsp3) is 0.143. The molecule has 0 aliphatic heterocycles. The van der Waals surface area contributed by atoms with Gasteiger partial charge in [-0.05, 0) is 178 Å². The maximum atomic E-state index is 7.38. The van der Waals surface area contributed by atoms with E-state index in [1.165, 1.54) is 105 Å². The Bertz CT molecular complexity index is 2760. The molecule has 0 fully saturated rings. The molecule has 0 saturated heterocycles. The molecule has 0 aliphatic carbocycles. The van der Waals surface area contributed by atoms with Crippen molar-refractivity contribution in [3.63, 3.8) is 0 Å². The van der Waals surface area contributed by atoms with Crippen molar-refractivity contribution in [1.82, 2.24) is 0 Å². The zero-order chi connectivity index (χ0) is 40.4. The summed E-state index contributed by atoms with van der Waals surface area (Å²) in [6, 6.07) is 53.1. The Morgan fingerprint density at radius 1 is 0.328 bits per heavy atom. The third-order valence-corrected chi connectivity index (χ3v) is 12.8. The summed E-state index contributed by atoms with van der Waals surface area (Å²) in [5, 5.41) is 7.47. The Hall–Kier alpha value is -6.64. The van der Waals surface area contributed by atoms with Crippen LogP contribution in [-0.4, -0.2) is 0 Å². The number of aryl methyl sites for hydroxylation is 3. The molecular formula is C56H50N2. The predicted octanol–water partition coefficient (Wildman–Crippen LogP) is 15.7. The van der Waals surface area contributed by atoms with Crippen molar-refractivity contribution in [2.75, 3.05) is 10.6 Å². The topological polar surface area (TPSA) is 29.3 Å². The van der Waals surface area contributed by atoms with Gasteiger partial charge in [-0.1, -0.05) is 127 Å². The quantitative estimate of drug-likeness (QED) is 0.172. The van der Waals surface area contributed by atoms with Crippen LogP contribution < -0.4 is 10.6 Å². The smallest absolute Gasteiger partial charge is 0.0514 e. The molecule has 0 aliphatic rings. The molecule has 2 nitrogen and oxygen atoms in total. The van der Waals surface area contributed by atoms with Crippen LogP contribution in [0.5, 0.6) is 0 Å². The van der Waals surface area contributed by atoms with E-state index in [-0.39, 0.29) is 0 Å². The van der Waals surface area contributed by atoms with Gasteiger partial charge >= 0.3 is 0 Å². The molecule has 9 aromatic rings. The minimum atomic E-state index is 0.813. The Labute approximate surface area is 343 Å². The fourth-order valence-electron chi connectivity index (χ4n) is 9.65. The van der Waals surface area contributed by atoms with Crippen molar-refractivity contribution in [3.8, 4) is 33.4 Å². The van der Waals surface area contributed by atoms with E-state index in [0.717, 1.165) is 28.1 Å². The van der Waals surface area contributed by atoms with Gasteiger partial charge < -0.3 is 10.6 Å². The summed E-state index contributed by atoms with van der Waals surface area (Å²) in [6.45, 7) is 18.1. The Kier molecular flexibility index (Phi) is 9.17. The molecule has 0 unspecified atom stereocenters. The summed E-state index contributed by atoms with van der Waals surface area (Å²) in [7, 11) is 0. The van der Waals surface area contributed by atoms with Crippen LogP contribution in [0.1, 0.15) is 44.5 Å². The monoisotopic (exact) mass is 750 g/mol. The molecule has 0 heterocycles. The van der Waals surface area contributed by atoms with E-state index in [9.17, 15) is 0 Å². The molecule has 2 heteroatoms. The first-order valence-electron chi connectivity index (χ1n) is 20.4. The van der Waals surface area contributed by atoms with E-state index in [4.69, 9.17) is 5.73 Å². The number of nitrogens with two attached hydrogens (primary N) is 1. The second-order valence-corrected chi connectivity index (χ2v) is 16.2. The maximum Gasteiger partial charge on any atom is 0.0514 e. The van der Waals surface area contributed by atoms with Gasteiger partial charge in [0.2, 0.25) is 0 Å². The molecule has 0 radical (unpaired) electrons. The van der Waals surface area contributed by atoms with Crippen LogP contribution in [0, 0.1) is 55.4 Å². The van der Waals surface area contributed by atoms with Gasteiger partial charge in [-0.25, -0.2) is 0 Å². The average molecular weight is 751 g/mol. The normalized spacial score (nSPS) is 11.5. The van der Waals surface area contributed by atoms with Gasteiger partial charge in [-0.15, -0.1) is 0 Å². The highest BCUT2D eigenvalue weighted by molar-refractivity contribution is 6.04. The summed E-state index contributed by atoms with van der Waals surface area (Å²) in [4.78, 5) is 2.51. The Morgan fingerprint density at radius 2 is 0.638 bits per heavy atom. The molecular weight excluding hydrogens is 701 g/mol. The van der Waals surface area contributed by atoms with E-state index in [1.54, 1.807) is 0 Å². The number of nitrogen functional groups attached to an aromatic ring is 1. The summed E-state index contributed by atoms with van der Waals surface area (Å²) in [6.07, 6.45) is 0. The summed E-state index contributed by atoms with van der Waals surface area (Å²) in [5.74, 6) is 0. The zero-order valence-electron chi connectivity index (χ0n) is 34.9. The minimum absolute atomic E-state index is 0.813. The van der Waals surface area contributed by atoms with Crippen LogP contribution in [0.2, 0.25) is 0 Å². The standard InChI is InChI=1S/C56H50N2/c1-33-30-50(36(4)38(6)53(33)47-27-15-21-41-18-9-12-24-44(41)47)58(51-31-34(2)54(39(7)37(51)5)48-28-16-22-42-19-10-13-25-45(42)48)52-32-35(3)55(56(57)40(52)8)49-29-17-23-43-20-11-14-26-46(43)49/h9-32H,57H2,1-8H3. The number of nitrogens with zero attached hydrogens (tertiary/aromatic N) is 1. The van der Waals surface area contributed by atoms with Crippen molar-refractivity contribution < 1.29 is 0 Å². The summed E-state index contributed by atoms with van der Waals surface area (Å²) >= 11 is 0. The molecule has 0 atom stereocenters. The number of benzene rings is 9. The third kappa shape index (κ3) is 5.86. The number of rotatable bonds is 6. The average Bonchev–Trinajstić information content (AvgIpc) is 3.23.